The van der Waals surface area contributed by atoms with Gasteiger partial charge in [0.1, 0.15) is 5.69 Å². The molecule has 1 fully saturated rings. The van der Waals surface area contributed by atoms with Crippen molar-refractivity contribution in [3.63, 3.8) is 0 Å². The normalized spacial score (nSPS) is 17.9. The van der Waals surface area contributed by atoms with E-state index in [0.29, 0.717) is 12.2 Å². The van der Waals surface area contributed by atoms with Crippen molar-refractivity contribution in [2.75, 3.05) is 32.8 Å². The highest BCUT2D eigenvalue weighted by molar-refractivity contribution is 7.09. The fourth-order valence-corrected chi connectivity index (χ4v) is 2.15. The summed E-state index contributed by atoms with van der Waals surface area (Å²) in [6.45, 7) is 5.51. The van der Waals surface area contributed by atoms with Crippen LogP contribution in [-0.2, 0) is 4.74 Å². The van der Waals surface area contributed by atoms with E-state index < -0.39 is 0 Å². The first kappa shape index (κ1) is 10.7. The largest absolute Gasteiger partial charge is 0.379 e. The van der Waals surface area contributed by atoms with Crippen LogP contribution in [0, 0.1) is 6.92 Å². The van der Waals surface area contributed by atoms with Gasteiger partial charge in [0.05, 0.1) is 24.8 Å². The molecule has 82 valence electrons. The second-order valence-corrected chi connectivity index (χ2v) is 4.63. The lowest BCUT2D eigenvalue weighted by molar-refractivity contribution is 0.0370. The first-order valence-corrected chi connectivity index (χ1v) is 5.89. The van der Waals surface area contributed by atoms with Crippen LogP contribution in [0.25, 0.3) is 0 Å². The molecule has 2 heterocycles. The Hall–Kier alpha value is -0.780. The quantitative estimate of drug-likeness (QED) is 0.720. The van der Waals surface area contributed by atoms with Gasteiger partial charge < -0.3 is 4.74 Å². The zero-order chi connectivity index (χ0) is 10.7. The van der Waals surface area contributed by atoms with Gasteiger partial charge in [0.15, 0.2) is 5.78 Å². The highest BCUT2D eigenvalue weighted by Gasteiger charge is 2.16. The van der Waals surface area contributed by atoms with E-state index >= 15 is 0 Å². The fraction of sp³-hybridized carbons (Fsp3) is 0.600. The Balaban J connectivity index is 1.91. The van der Waals surface area contributed by atoms with Crippen LogP contribution in [0.2, 0.25) is 0 Å². The minimum absolute atomic E-state index is 0.112. The molecule has 15 heavy (non-hydrogen) atoms. The molecule has 0 radical (unpaired) electrons. The first-order chi connectivity index (χ1) is 7.25. The predicted molar refractivity (Wildman–Crippen MR) is 58.4 cm³/mol. The van der Waals surface area contributed by atoms with Crippen molar-refractivity contribution in [3.05, 3.63) is 16.1 Å². The van der Waals surface area contributed by atoms with Gasteiger partial charge in [-0.25, -0.2) is 4.98 Å². The van der Waals surface area contributed by atoms with Crippen LogP contribution in [0.4, 0.5) is 0 Å². The summed E-state index contributed by atoms with van der Waals surface area (Å²) >= 11 is 1.52. The van der Waals surface area contributed by atoms with Gasteiger partial charge in [0, 0.05) is 18.5 Å². The van der Waals surface area contributed by atoms with Crippen LogP contribution in [-0.4, -0.2) is 48.5 Å². The average molecular weight is 226 g/mol. The second kappa shape index (κ2) is 4.83. The zero-order valence-electron chi connectivity index (χ0n) is 8.73. The maximum absolute atomic E-state index is 11.8. The summed E-state index contributed by atoms with van der Waals surface area (Å²) in [5.74, 6) is 0.112. The average Bonchev–Trinajstić information content (AvgIpc) is 2.66. The molecule has 1 aliphatic rings. The van der Waals surface area contributed by atoms with Crippen molar-refractivity contribution in [2.45, 2.75) is 6.92 Å². The van der Waals surface area contributed by atoms with Gasteiger partial charge in [-0.1, -0.05) is 0 Å². The zero-order valence-corrected chi connectivity index (χ0v) is 9.55. The molecule has 1 aromatic heterocycles. The Bertz CT molecular complexity index is 345. The highest BCUT2D eigenvalue weighted by atomic mass is 32.1. The number of aromatic nitrogens is 1. The van der Waals surface area contributed by atoms with Gasteiger partial charge in [-0.3, -0.25) is 9.69 Å². The SMILES string of the molecule is Cc1nc(C(=O)CN2CCOCC2)cs1. The summed E-state index contributed by atoms with van der Waals surface area (Å²) in [7, 11) is 0. The molecule has 0 atom stereocenters. The Labute approximate surface area is 92.9 Å². The summed E-state index contributed by atoms with van der Waals surface area (Å²) in [6.07, 6.45) is 0. The fourth-order valence-electron chi connectivity index (χ4n) is 1.53. The van der Waals surface area contributed by atoms with Crippen molar-refractivity contribution >= 4 is 17.1 Å². The molecule has 2 rings (SSSR count). The third-order valence-electron chi connectivity index (χ3n) is 2.38. The van der Waals surface area contributed by atoms with E-state index in [1.54, 1.807) is 0 Å². The molecule has 0 bridgehead atoms. The molecule has 4 nitrogen and oxygen atoms in total. The molecular formula is C10H14N2O2S. The minimum atomic E-state index is 0.112. The molecule has 1 aliphatic heterocycles. The van der Waals surface area contributed by atoms with Gasteiger partial charge in [0.2, 0.25) is 0 Å². The summed E-state index contributed by atoms with van der Waals surface area (Å²) in [6, 6.07) is 0. The van der Waals surface area contributed by atoms with Crippen molar-refractivity contribution < 1.29 is 9.53 Å². The lowest BCUT2D eigenvalue weighted by Crippen LogP contribution is -2.39. The second-order valence-electron chi connectivity index (χ2n) is 3.56. The van der Waals surface area contributed by atoms with E-state index in [1.165, 1.54) is 11.3 Å². The van der Waals surface area contributed by atoms with E-state index in [1.807, 2.05) is 12.3 Å². The van der Waals surface area contributed by atoms with Crippen LogP contribution in [0.3, 0.4) is 0 Å². The number of rotatable bonds is 3. The van der Waals surface area contributed by atoms with Gasteiger partial charge >= 0.3 is 0 Å². The number of Topliss-reactive ketones (excluding diaryl/α,β-unsaturated/α-hetero) is 1. The molecule has 0 spiro atoms. The van der Waals surface area contributed by atoms with Crippen LogP contribution in [0.5, 0.6) is 0 Å². The Morgan fingerprint density at radius 2 is 2.33 bits per heavy atom. The highest BCUT2D eigenvalue weighted by Crippen LogP contribution is 2.09. The maximum atomic E-state index is 11.8. The number of hydrogen-bond donors (Lipinski definition) is 0. The Morgan fingerprint density at radius 1 is 1.60 bits per heavy atom. The third-order valence-corrected chi connectivity index (χ3v) is 3.15. The maximum Gasteiger partial charge on any atom is 0.195 e. The molecule has 0 unspecified atom stereocenters. The minimum Gasteiger partial charge on any atom is -0.379 e. The number of carbonyl (C=O) groups is 1. The van der Waals surface area contributed by atoms with E-state index in [-0.39, 0.29) is 5.78 Å². The molecule has 5 heteroatoms. The molecule has 1 aromatic rings. The summed E-state index contributed by atoms with van der Waals surface area (Å²) in [5, 5.41) is 2.78. The monoisotopic (exact) mass is 226 g/mol. The van der Waals surface area contributed by atoms with Gasteiger partial charge in [-0.15, -0.1) is 11.3 Å². The number of carbonyl (C=O) groups excluding carboxylic acids is 1. The number of morpholine rings is 1. The number of nitrogens with zero attached hydrogens (tertiary/aromatic N) is 2. The molecule has 0 N–H and O–H groups in total. The van der Waals surface area contributed by atoms with Gasteiger partial charge in [-0.05, 0) is 6.92 Å². The Kier molecular flexibility index (Phi) is 3.45. The van der Waals surface area contributed by atoms with Crippen molar-refractivity contribution in [2.24, 2.45) is 0 Å². The van der Waals surface area contributed by atoms with Crippen LogP contribution >= 0.6 is 11.3 Å². The summed E-state index contributed by atoms with van der Waals surface area (Å²) in [5.41, 5.74) is 0.601. The first-order valence-electron chi connectivity index (χ1n) is 5.01. The van der Waals surface area contributed by atoms with Gasteiger partial charge in [-0.2, -0.15) is 0 Å². The molecule has 0 aliphatic carbocycles. The number of thiazole rings is 1. The van der Waals surface area contributed by atoms with Gasteiger partial charge in [0.25, 0.3) is 0 Å². The van der Waals surface area contributed by atoms with Crippen molar-refractivity contribution in [3.8, 4) is 0 Å². The van der Waals surface area contributed by atoms with Crippen LogP contribution in [0.1, 0.15) is 15.5 Å². The van der Waals surface area contributed by atoms with Crippen molar-refractivity contribution in [1.82, 2.24) is 9.88 Å². The van der Waals surface area contributed by atoms with Crippen molar-refractivity contribution in [1.29, 1.82) is 0 Å². The lowest BCUT2D eigenvalue weighted by Gasteiger charge is -2.25. The molecule has 0 aromatic carbocycles. The van der Waals surface area contributed by atoms with E-state index in [0.717, 1.165) is 31.3 Å². The number of aryl methyl sites for hydroxylation is 1. The number of ketones is 1. The van der Waals surface area contributed by atoms with Crippen LogP contribution < -0.4 is 0 Å². The number of ether oxygens (including phenoxy) is 1. The molecule has 0 amide bonds. The van der Waals surface area contributed by atoms with E-state index in [9.17, 15) is 4.79 Å². The molecule has 0 saturated carbocycles. The summed E-state index contributed by atoms with van der Waals surface area (Å²) in [4.78, 5) is 18.1. The third kappa shape index (κ3) is 2.84. The topological polar surface area (TPSA) is 42.4 Å². The summed E-state index contributed by atoms with van der Waals surface area (Å²) < 4.78 is 5.22. The van der Waals surface area contributed by atoms with Crippen LogP contribution in [0.15, 0.2) is 5.38 Å². The molecule has 1 saturated heterocycles. The van der Waals surface area contributed by atoms with E-state index in [4.69, 9.17) is 4.74 Å². The molecular weight excluding hydrogens is 212 g/mol. The smallest absolute Gasteiger partial charge is 0.195 e. The number of hydrogen-bond acceptors (Lipinski definition) is 5. The standard InChI is InChI=1S/C10H14N2O2S/c1-8-11-9(7-15-8)10(13)6-12-2-4-14-5-3-12/h7H,2-6H2,1H3. The predicted octanol–water partition coefficient (Wildman–Crippen LogP) is 0.966. The van der Waals surface area contributed by atoms with E-state index in [2.05, 4.69) is 9.88 Å². The Morgan fingerprint density at radius 3 is 2.93 bits per heavy atom. The lowest BCUT2D eigenvalue weighted by atomic mass is 10.3.